The van der Waals surface area contributed by atoms with Gasteiger partial charge in [0, 0.05) is 16.9 Å². The van der Waals surface area contributed by atoms with Crippen LogP contribution in [0.3, 0.4) is 0 Å². The normalized spacial score (nSPS) is 10.0. The molecule has 0 radical (unpaired) electrons. The van der Waals surface area contributed by atoms with E-state index in [0.29, 0.717) is 16.9 Å². The van der Waals surface area contributed by atoms with E-state index in [1.54, 1.807) is 25.1 Å². The van der Waals surface area contributed by atoms with Crippen molar-refractivity contribution in [3.8, 4) is 5.75 Å². The third kappa shape index (κ3) is 3.22. The maximum absolute atomic E-state index is 13.0. The number of phenolic OH excluding ortho intramolecular Hbond substituents is 1. The van der Waals surface area contributed by atoms with E-state index in [4.69, 9.17) is 0 Å². The summed E-state index contributed by atoms with van der Waals surface area (Å²) in [6.07, 6.45) is 0. The number of urea groups is 1. The minimum atomic E-state index is -0.501. The smallest absolute Gasteiger partial charge is 0.323 e. The van der Waals surface area contributed by atoms with Crippen molar-refractivity contribution in [2.24, 2.45) is 0 Å². The third-order valence-electron chi connectivity index (χ3n) is 2.64. The molecular weight excluding hydrogens is 247 g/mol. The predicted octanol–water partition coefficient (Wildman–Crippen LogP) is 3.48. The van der Waals surface area contributed by atoms with Crippen LogP contribution in [0.4, 0.5) is 20.6 Å². The molecule has 0 unspecified atom stereocenters. The molecule has 5 heteroatoms. The van der Waals surface area contributed by atoms with Crippen LogP contribution in [-0.2, 0) is 0 Å². The summed E-state index contributed by atoms with van der Waals surface area (Å²) in [5.74, 6) is -0.324. The van der Waals surface area contributed by atoms with Gasteiger partial charge in [-0.05, 0) is 37.3 Å². The van der Waals surface area contributed by atoms with E-state index in [-0.39, 0.29) is 5.75 Å². The average molecular weight is 260 g/mol. The summed E-state index contributed by atoms with van der Waals surface area (Å²) in [5, 5.41) is 14.6. The van der Waals surface area contributed by atoms with Gasteiger partial charge in [-0.1, -0.05) is 12.1 Å². The fourth-order valence-electron chi connectivity index (χ4n) is 1.61. The minimum absolute atomic E-state index is 0.101. The van der Waals surface area contributed by atoms with Gasteiger partial charge in [-0.3, -0.25) is 0 Å². The summed E-state index contributed by atoms with van der Waals surface area (Å²) in [4.78, 5) is 11.7. The number of benzene rings is 2. The zero-order chi connectivity index (χ0) is 13.8. The van der Waals surface area contributed by atoms with E-state index < -0.39 is 11.8 Å². The van der Waals surface area contributed by atoms with E-state index >= 15 is 0 Å². The van der Waals surface area contributed by atoms with Crippen LogP contribution >= 0.6 is 0 Å². The number of aromatic hydroxyl groups is 1. The topological polar surface area (TPSA) is 61.4 Å². The molecular formula is C14H13FN2O2. The van der Waals surface area contributed by atoms with E-state index in [2.05, 4.69) is 10.6 Å². The summed E-state index contributed by atoms with van der Waals surface area (Å²) >= 11 is 0. The monoisotopic (exact) mass is 260 g/mol. The number of hydrogen-bond acceptors (Lipinski definition) is 2. The molecule has 0 saturated carbocycles. The Balaban J connectivity index is 2.08. The molecule has 2 rings (SSSR count). The lowest BCUT2D eigenvalue weighted by Crippen LogP contribution is -2.19. The first-order valence-electron chi connectivity index (χ1n) is 5.68. The van der Waals surface area contributed by atoms with Crippen LogP contribution in [-0.4, -0.2) is 11.1 Å². The summed E-state index contributed by atoms with van der Waals surface area (Å²) in [6.45, 7) is 1.69. The molecule has 0 bridgehead atoms. The number of phenols is 1. The molecule has 2 aromatic carbocycles. The van der Waals surface area contributed by atoms with Crippen molar-refractivity contribution in [1.29, 1.82) is 0 Å². The number of amides is 2. The Bertz CT molecular complexity index is 614. The van der Waals surface area contributed by atoms with Gasteiger partial charge >= 0.3 is 6.03 Å². The molecule has 0 aliphatic heterocycles. The molecule has 0 fully saturated rings. The van der Waals surface area contributed by atoms with E-state index in [0.717, 1.165) is 0 Å². The Kier molecular flexibility index (Phi) is 3.66. The maximum atomic E-state index is 13.0. The van der Waals surface area contributed by atoms with E-state index in [1.165, 1.54) is 24.3 Å². The Labute approximate surface area is 109 Å². The number of nitrogens with one attached hydrogen (secondary N) is 2. The number of hydrogen-bond donors (Lipinski definition) is 3. The second kappa shape index (κ2) is 5.39. The fourth-order valence-corrected chi connectivity index (χ4v) is 1.61. The van der Waals surface area contributed by atoms with Gasteiger partial charge in [0.15, 0.2) is 0 Å². The summed E-state index contributed by atoms with van der Waals surface area (Å²) in [6, 6.07) is 9.92. The van der Waals surface area contributed by atoms with E-state index in [9.17, 15) is 14.3 Å². The van der Waals surface area contributed by atoms with Crippen LogP contribution in [0.15, 0.2) is 42.5 Å². The molecule has 0 spiro atoms. The predicted molar refractivity (Wildman–Crippen MR) is 71.9 cm³/mol. The molecule has 0 aliphatic rings. The lowest BCUT2D eigenvalue weighted by atomic mass is 10.2. The second-order valence-corrected chi connectivity index (χ2v) is 4.04. The van der Waals surface area contributed by atoms with Gasteiger partial charge in [0.2, 0.25) is 0 Å². The van der Waals surface area contributed by atoms with Gasteiger partial charge in [-0.2, -0.15) is 0 Å². The highest BCUT2D eigenvalue weighted by atomic mass is 19.1. The van der Waals surface area contributed by atoms with Crippen LogP contribution in [0.1, 0.15) is 5.56 Å². The summed E-state index contributed by atoms with van der Waals surface area (Å²) in [5.41, 5.74) is 1.42. The Hall–Kier alpha value is -2.56. The van der Waals surface area contributed by atoms with Crippen molar-refractivity contribution < 1.29 is 14.3 Å². The molecule has 3 N–H and O–H groups in total. The van der Waals surface area contributed by atoms with Crippen molar-refractivity contribution in [2.75, 3.05) is 10.6 Å². The van der Waals surface area contributed by atoms with Gasteiger partial charge in [-0.25, -0.2) is 9.18 Å². The van der Waals surface area contributed by atoms with Crippen molar-refractivity contribution >= 4 is 17.4 Å². The molecule has 0 aliphatic carbocycles. The van der Waals surface area contributed by atoms with Crippen molar-refractivity contribution in [3.05, 3.63) is 53.8 Å². The van der Waals surface area contributed by atoms with Crippen molar-refractivity contribution in [2.45, 2.75) is 6.92 Å². The molecule has 0 heterocycles. The number of anilines is 2. The molecule has 19 heavy (non-hydrogen) atoms. The maximum Gasteiger partial charge on any atom is 0.323 e. The lowest BCUT2D eigenvalue weighted by Gasteiger charge is -2.10. The first-order chi connectivity index (χ1) is 9.06. The van der Waals surface area contributed by atoms with Crippen LogP contribution in [0.5, 0.6) is 5.75 Å². The zero-order valence-electron chi connectivity index (χ0n) is 10.3. The second-order valence-electron chi connectivity index (χ2n) is 4.04. The molecule has 0 atom stereocenters. The minimum Gasteiger partial charge on any atom is -0.508 e. The quantitative estimate of drug-likeness (QED) is 0.774. The number of rotatable bonds is 2. The number of halogens is 1. The number of carbonyl (C=O) groups is 1. The first-order valence-corrected chi connectivity index (χ1v) is 5.68. The lowest BCUT2D eigenvalue weighted by molar-refractivity contribution is 0.262. The fraction of sp³-hybridized carbons (Fsp3) is 0.0714. The van der Waals surface area contributed by atoms with E-state index in [1.807, 2.05) is 0 Å². The van der Waals surface area contributed by atoms with Gasteiger partial charge in [0.05, 0.1) is 0 Å². The van der Waals surface area contributed by atoms with Crippen LogP contribution in [0.25, 0.3) is 0 Å². The highest BCUT2D eigenvalue weighted by Crippen LogP contribution is 2.23. The van der Waals surface area contributed by atoms with Crippen LogP contribution in [0.2, 0.25) is 0 Å². The summed E-state index contributed by atoms with van der Waals surface area (Å²) in [7, 11) is 0. The van der Waals surface area contributed by atoms with Gasteiger partial charge < -0.3 is 15.7 Å². The highest BCUT2D eigenvalue weighted by Gasteiger charge is 2.07. The van der Waals surface area contributed by atoms with Gasteiger partial charge in [0.1, 0.15) is 11.6 Å². The largest absolute Gasteiger partial charge is 0.508 e. The molecule has 2 amide bonds. The standard InChI is InChI=1S/C14H13FN2O2/c1-9-12(6-3-7-13(9)18)17-14(19)16-11-5-2-4-10(15)8-11/h2-8,18H,1H3,(H2,16,17,19). The first kappa shape index (κ1) is 12.9. The molecule has 98 valence electrons. The highest BCUT2D eigenvalue weighted by molar-refractivity contribution is 6.00. The molecule has 2 aromatic rings. The average Bonchev–Trinajstić information content (AvgIpc) is 2.35. The molecule has 0 aromatic heterocycles. The van der Waals surface area contributed by atoms with Crippen LogP contribution < -0.4 is 10.6 Å². The number of carbonyl (C=O) groups excluding carboxylic acids is 1. The summed E-state index contributed by atoms with van der Waals surface area (Å²) < 4.78 is 13.0. The Morgan fingerprint density at radius 2 is 1.89 bits per heavy atom. The Morgan fingerprint density at radius 3 is 2.63 bits per heavy atom. The SMILES string of the molecule is Cc1c(O)cccc1NC(=O)Nc1cccc(F)c1. The zero-order valence-corrected chi connectivity index (χ0v) is 10.3. The third-order valence-corrected chi connectivity index (χ3v) is 2.64. The van der Waals surface area contributed by atoms with Gasteiger partial charge in [0.25, 0.3) is 0 Å². The molecule has 4 nitrogen and oxygen atoms in total. The Morgan fingerprint density at radius 1 is 1.16 bits per heavy atom. The van der Waals surface area contributed by atoms with Crippen molar-refractivity contribution in [1.82, 2.24) is 0 Å². The molecule has 0 saturated heterocycles. The van der Waals surface area contributed by atoms with Gasteiger partial charge in [-0.15, -0.1) is 0 Å². The van der Waals surface area contributed by atoms with Crippen molar-refractivity contribution in [3.63, 3.8) is 0 Å². The van der Waals surface area contributed by atoms with Crippen LogP contribution in [0, 0.1) is 12.7 Å².